The van der Waals surface area contributed by atoms with E-state index in [0.29, 0.717) is 5.56 Å². The van der Waals surface area contributed by atoms with Gasteiger partial charge in [0.1, 0.15) is 6.10 Å². The van der Waals surface area contributed by atoms with Crippen LogP contribution in [0.25, 0.3) is 6.08 Å². The highest BCUT2D eigenvalue weighted by atomic mass is 19.4. The number of hydrogen-bond donors (Lipinski definition) is 0. The lowest BCUT2D eigenvalue weighted by molar-refractivity contribution is -0.140. The Morgan fingerprint density at radius 2 is 2.10 bits per heavy atom. The van der Waals surface area contributed by atoms with Crippen LogP contribution >= 0.6 is 0 Å². The minimum Gasteiger partial charge on any atom is -0.454 e. The molecule has 2 nitrogen and oxygen atoms in total. The highest BCUT2D eigenvalue weighted by Gasteiger charge is 2.30. The summed E-state index contributed by atoms with van der Waals surface area (Å²) in [4.78, 5) is 10.9. The van der Waals surface area contributed by atoms with Crippen molar-refractivity contribution >= 4 is 12.0 Å². The van der Waals surface area contributed by atoms with Crippen molar-refractivity contribution in [3.05, 3.63) is 53.6 Å². The molecule has 2 unspecified atom stereocenters. The number of carbonyl (C=O) groups excluding carboxylic acids is 1. The summed E-state index contributed by atoms with van der Waals surface area (Å²) >= 11 is 0. The third-order valence-electron chi connectivity index (χ3n) is 3.00. The lowest BCUT2D eigenvalue weighted by atomic mass is 10.0. The number of ether oxygens (including phenoxy) is 1. The summed E-state index contributed by atoms with van der Waals surface area (Å²) in [6.45, 7) is 1.83. The van der Waals surface area contributed by atoms with Crippen LogP contribution in [0.5, 0.6) is 0 Å². The number of benzene rings is 1. The highest BCUT2D eigenvalue weighted by molar-refractivity contribution is 5.84. The van der Waals surface area contributed by atoms with Crippen molar-refractivity contribution in [1.29, 1.82) is 0 Å². The second-order valence-corrected chi connectivity index (χ2v) is 4.60. The van der Waals surface area contributed by atoms with Crippen LogP contribution in [0.4, 0.5) is 13.2 Å². The maximum Gasteiger partial charge on any atom is 0.416 e. The number of cyclic esters (lactones) is 1. The second kappa shape index (κ2) is 5.53. The number of hydrogen-bond acceptors (Lipinski definition) is 2. The number of carbonyl (C=O) groups is 1. The molecule has 1 aromatic rings. The van der Waals surface area contributed by atoms with Gasteiger partial charge < -0.3 is 4.74 Å². The van der Waals surface area contributed by atoms with Crippen molar-refractivity contribution in [2.24, 2.45) is 5.92 Å². The van der Waals surface area contributed by atoms with Crippen LogP contribution in [0.3, 0.4) is 0 Å². The van der Waals surface area contributed by atoms with Gasteiger partial charge in [-0.25, -0.2) is 4.79 Å². The summed E-state index contributed by atoms with van der Waals surface area (Å²) in [6, 6.07) is 5.07. The summed E-state index contributed by atoms with van der Waals surface area (Å²) < 4.78 is 42.7. The van der Waals surface area contributed by atoms with Gasteiger partial charge in [0.05, 0.1) is 5.56 Å². The number of rotatable bonds is 3. The molecule has 0 aliphatic carbocycles. The molecule has 0 fully saturated rings. The van der Waals surface area contributed by atoms with Crippen LogP contribution in [-0.4, -0.2) is 12.1 Å². The summed E-state index contributed by atoms with van der Waals surface area (Å²) in [6.07, 6.45) is 1.61. The molecule has 0 aromatic heterocycles. The normalized spacial score (nSPS) is 20.4. The Morgan fingerprint density at radius 1 is 1.35 bits per heavy atom. The van der Waals surface area contributed by atoms with Crippen molar-refractivity contribution in [1.82, 2.24) is 0 Å². The summed E-state index contributed by atoms with van der Waals surface area (Å²) in [5.74, 6) is -0.499. The van der Waals surface area contributed by atoms with Gasteiger partial charge in [0.25, 0.3) is 0 Å². The second-order valence-electron chi connectivity index (χ2n) is 4.60. The van der Waals surface area contributed by atoms with E-state index in [9.17, 15) is 18.0 Å². The maximum atomic E-state index is 12.6. The molecule has 1 aliphatic heterocycles. The molecule has 2 atom stereocenters. The van der Waals surface area contributed by atoms with Crippen molar-refractivity contribution in [3.63, 3.8) is 0 Å². The highest BCUT2D eigenvalue weighted by Crippen LogP contribution is 2.30. The molecule has 1 aromatic carbocycles. The molecule has 1 aliphatic rings. The van der Waals surface area contributed by atoms with E-state index in [1.807, 2.05) is 6.92 Å². The first kappa shape index (κ1) is 14.4. The molecular formula is C15H13F3O2. The van der Waals surface area contributed by atoms with Crippen LogP contribution < -0.4 is 0 Å². The first-order valence-electron chi connectivity index (χ1n) is 6.10. The average molecular weight is 282 g/mol. The van der Waals surface area contributed by atoms with Gasteiger partial charge in [-0.05, 0) is 23.8 Å². The Morgan fingerprint density at radius 3 is 2.70 bits per heavy atom. The summed E-state index contributed by atoms with van der Waals surface area (Å²) in [7, 11) is 0. The van der Waals surface area contributed by atoms with Gasteiger partial charge in [-0.2, -0.15) is 13.2 Å². The fourth-order valence-electron chi connectivity index (χ4n) is 1.86. The molecular weight excluding hydrogens is 269 g/mol. The van der Waals surface area contributed by atoms with E-state index in [2.05, 4.69) is 0 Å². The zero-order valence-corrected chi connectivity index (χ0v) is 10.7. The van der Waals surface area contributed by atoms with Gasteiger partial charge >= 0.3 is 12.1 Å². The van der Waals surface area contributed by atoms with Crippen molar-refractivity contribution < 1.29 is 22.7 Å². The van der Waals surface area contributed by atoms with Crippen LogP contribution in [0, 0.1) is 5.92 Å². The topological polar surface area (TPSA) is 26.3 Å². The Hall–Kier alpha value is -2.04. The third kappa shape index (κ3) is 3.50. The molecule has 2 rings (SSSR count). The van der Waals surface area contributed by atoms with Gasteiger partial charge in [-0.1, -0.05) is 31.2 Å². The fourth-order valence-corrected chi connectivity index (χ4v) is 1.86. The van der Waals surface area contributed by atoms with Gasteiger partial charge in [-0.3, -0.25) is 0 Å². The van der Waals surface area contributed by atoms with E-state index >= 15 is 0 Å². The van der Waals surface area contributed by atoms with Crippen molar-refractivity contribution in [3.8, 4) is 0 Å². The maximum absolute atomic E-state index is 12.6. The summed E-state index contributed by atoms with van der Waals surface area (Å²) in [5, 5.41) is 0. The number of halogens is 3. The van der Waals surface area contributed by atoms with Crippen LogP contribution in [0.1, 0.15) is 18.1 Å². The quantitative estimate of drug-likeness (QED) is 0.787. The Bertz CT molecular complexity index is 558. The van der Waals surface area contributed by atoms with Crippen molar-refractivity contribution in [2.45, 2.75) is 19.2 Å². The van der Waals surface area contributed by atoms with E-state index in [1.165, 1.54) is 12.1 Å². The monoisotopic (exact) mass is 282 g/mol. The van der Waals surface area contributed by atoms with E-state index in [4.69, 9.17) is 4.74 Å². The third-order valence-corrected chi connectivity index (χ3v) is 3.00. The Labute approximate surface area is 114 Å². The predicted molar refractivity (Wildman–Crippen MR) is 68.7 cm³/mol. The van der Waals surface area contributed by atoms with Gasteiger partial charge in [0.15, 0.2) is 0 Å². The van der Waals surface area contributed by atoms with Gasteiger partial charge in [0.2, 0.25) is 0 Å². The average Bonchev–Trinajstić information content (AvgIpc) is 2.82. The molecule has 20 heavy (non-hydrogen) atoms. The first-order valence-corrected chi connectivity index (χ1v) is 6.10. The lowest BCUT2D eigenvalue weighted by Gasteiger charge is -2.13. The van der Waals surface area contributed by atoms with E-state index in [-0.39, 0.29) is 12.0 Å². The first-order chi connectivity index (χ1) is 9.36. The minimum absolute atomic E-state index is 0.104. The Kier molecular flexibility index (Phi) is 3.97. The number of esters is 1. The molecule has 0 amide bonds. The molecule has 0 radical (unpaired) electrons. The zero-order valence-electron chi connectivity index (χ0n) is 10.7. The van der Waals surface area contributed by atoms with Gasteiger partial charge in [0, 0.05) is 12.0 Å². The molecule has 106 valence electrons. The van der Waals surface area contributed by atoms with E-state index in [1.54, 1.807) is 24.3 Å². The molecule has 0 bridgehead atoms. The lowest BCUT2D eigenvalue weighted by Crippen LogP contribution is -2.15. The molecule has 0 spiro atoms. The fraction of sp³-hybridized carbons (Fsp3) is 0.267. The predicted octanol–water partition coefficient (Wildman–Crippen LogP) is 3.84. The zero-order chi connectivity index (χ0) is 14.8. The van der Waals surface area contributed by atoms with Crippen LogP contribution in [0.15, 0.2) is 42.5 Å². The smallest absolute Gasteiger partial charge is 0.416 e. The molecule has 1 heterocycles. The standard InChI is InChI=1S/C15H13F3O2/c1-10(13-7-8-14(19)20-13)5-6-11-3-2-4-12(9-11)15(16,17)18/h2-10,13H,1H3/b6-5+. The van der Waals surface area contributed by atoms with Crippen LogP contribution in [-0.2, 0) is 15.7 Å². The largest absolute Gasteiger partial charge is 0.454 e. The van der Waals surface area contributed by atoms with Crippen LogP contribution in [0.2, 0.25) is 0 Å². The van der Waals surface area contributed by atoms with E-state index < -0.39 is 17.7 Å². The summed E-state index contributed by atoms with van der Waals surface area (Å²) in [5.41, 5.74) is -0.223. The Balaban J connectivity index is 2.08. The molecule has 0 N–H and O–H groups in total. The molecule has 5 heteroatoms. The SMILES string of the molecule is CC(/C=C/c1cccc(C(F)(F)F)c1)C1C=CC(=O)O1. The van der Waals surface area contributed by atoms with E-state index in [0.717, 1.165) is 12.1 Å². The van der Waals surface area contributed by atoms with Crippen molar-refractivity contribution in [2.75, 3.05) is 0 Å². The minimum atomic E-state index is -4.35. The van der Waals surface area contributed by atoms with Gasteiger partial charge in [-0.15, -0.1) is 0 Å². The number of alkyl halides is 3. The molecule has 0 saturated carbocycles. The molecule has 0 saturated heterocycles.